The molecule has 0 aliphatic carbocycles. The highest BCUT2D eigenvalue weighted by molar-refractivity contribution is 5.97. The maximum absolute atomic E-state index is 12.7. The molecule has 1 fully saturated rings. The Morgan fingerprint density at radius 3 is 2.63 bits per heavy atom. The number of carbonyl (C=O) groups excluding carboxylic acids is 2. The van der Waals surface area contributed by atoms with E-state index in [2.05, 4.69) is 15.2 Å². The van der Waals surface area contributed by atoms with Crippen LogP contribution in [0.5, 0.6) is 5.75 Å². The maximum Gasteiger partial charge on any atom is 0.227 e. The lowest BCUT2D eigenvalue weighted by molar-refractivity contribution is -0.126. The van der Waals surface area contributed by atoms with Gasteiger partial charge in [-0.15, -0.1) is 0 Å². The van der Waals surface area contributed by atoms with Crippen LogP contribution in [0.2, 0.25) is 0 Å². The van der Waals surface area contributed by atoms with Crippen molar-refractivity contribution in [3.8, 4) is 5.75 Å². The number of anilines is 1. The summed E-state index contributed by atoms with van der Waals surface area (Å²) in [5, 5.41) is 3.10. The standard InChI is InChI=1S/C23H28N4O3/c28-22(8-9-23(29)27-15-16-30-21-7-2-1-6-20(21)27)25-18-10-13-26(14-11-18)17-19-5-3-4-12-24-19/h1-7,12,18H,8-11,13-17H2,(H,25,28). The topological polar surface area (TPSA) is 74.8 Å². The van der Waals surface area contributed by atoms with Crippen molar-refractivity contribution in [3.05, 3.63) is 54.4 Å². The SMILES string of the molecule is O=C(CCC(=O)N1CCOc2ccccc21)NC1CCN(Cc2ccccn2)CC1. The Balaban J connectivity index is 1.19. The summed E-state index contributed by atoms with van der Waals surface area (Å²) in [6, 6.07) is 13.7. The fourth-order valence-electron chi connectivity index (χ4n) is 4.04. The Morgan fingerprint density at radius 1 is 1.03 bits per heavy atom. The van der Waals surface area contributed by atoms with Gasteiger partial charge in [0, 0.05) is 44.7 Å². The minimum Gasteiger partial charge on any atom is -0.490 e. The second-order valence-corrected chi connectivity index (χ2v) is 7.80. The van der Waals surface area contributed by atoms with Gasteiger partial charge in [-0.1, -0.05) is 18.2 Å². The molecule has 158 valence electrons. The maximum atomic E-state index is 12.7. The molecule has 0 spiro atoms. The quantitative estimate of drug-likeness (QED) is 0.794. The zero-order chi connectivity index (χ0) is 20.8. The average Bonchev–Trinajstić information content (AvgIpc) is 2.79. The van der Waals surface area contributed by atoms with Gasteiger partial charge in [-0.2, -0.15) is 0 Å². The van der Waals surface area contributed by atoms with E-state index in [0.717, 1.165) is 49.6 Å². The molecule has 4 rings (SSSR count). The van der Waals surface area contributed by atoms with E-state index in [4.69, 9.17) is 4.74 Å². The summed E-state index contributed by atoms with van der Waals surface area (Å²) in [5.74, 6) is 0.637. The minimum absolute atomic E-state index is 0.0360. The van der Waals surface area contributed by atoms with Crippen LogP contribution in [0.4, 0.5) is 5.69 Å². The lowest BCUT2D eigenvalue weighted by Crippen LogP contribution is -2.44. The fraction of sp³-hybridized carbons (Fsp3) is 0.435. The van der Waals surface area contributed by atoms with Gasteiger partial charge in [0.2, 0.25) is 11.8 Å². The van der Waals surface area contributed by atoms with Crippen molar-refractivity contribution < 1.29 is 14.3 Å². The van der Waals surface area contributed by atoms with Crippen molar-refractivity contribution in [3.63, 3.8) is 0 Å². The first-order valence-corrected chi connectivity index (χ1v) is 10.6. The molecule has 2 aliphatic rings. The zero-order valence-electron chi connectivity index (χ0n) is 17.1. The second-order valence-electron chi connectivity index (χ2n) is 7.80. The third-order valence-corrected chi connectivity index (χ3v) is 5.66. The monoisotopic (exact) mass is 408 g/mol. The van der Waals surface area contributed by atoms with Crippen molar-refractivity contribution in [2.45, 2.75) is 38.3 Å². The van der Waals surface area contributed by atoms with Crippen molar-refractivity contribution in [1.29, 1.82) is 0 Å². The predicted octanol–water partition coefficient (Wildman–Crippen LogP) is 2.37. The van der Waals surface area contributed by atoms with Gasteiger partial charge in [0.15, 0.2) is 0 Å². The number of amides is 2. The van der Waals surface area contributed by atoms with Crippen LogP contribution in [0.15, 0.2) is 48.7 Å². The van der Waals surface area contributed by atoms with Crippen LogP contribution in [0.3, 0.4) is 0 Å². The van der Waals surface area contributed by atoms with Gasteiger partial charge in [-0.05, 0) is 37.1 Å². The van der Waals surface area contributed by atoms with Crippen molar-refractivity contribution in [2.24, 2.45) is 0 Å². The number of piperidine rings is 1. The summed E-state index contributed by atoms with van der Waals surface area (Å²) in [4.78, 5) is 33.5. The predicted molar refractivity (Wildman–Crippen MR) is 114 cm³/mol. The van der Waals surface area contributed by atoms with E-state index < -0.39 is 0 Å². The van der Waals surface area contributed by atoms with Crippen molar-refractivity contribution in [1.82, 2.24) is 15.2 Å². The van der Waals surface area contributed by atoms with Crippen LogP contribution in [0, 0.1) is 0 Å². The van der Waals surface area contributed by atoms with Gasteiger partial charge in [-0.25, -0.2) is 0 Å². The molecule has 0 bridgehead atoms. The summed E-state index contributed by atoms with van der Waals surface area (Å²) in [6.45, 7) is 3.71. The number of carbonyl (C=O) groups is 2. The van der Waals surface area contributed by atoms with E-state index in [0.29, 0.717) is 13.2 Å². The number of rotatable bonds is 6. The lowest BCUT2D eigenvalue weighted by Gasteiger charge is -2.32. The molecule has 1 N–H and O–H groups in total. The number of pyridine rings is 1. The van der Waals surface area contributed by atoms with E-state index in [1.54, 1.807) is 4.90 Å². The lowest BCUT2D eigenvalue weighted by atomic mass is 10.0. The summed E-state index contributed by atoms with van der Waals surface area (Å²) in [5.41, 5.74) is 1.86. The van der Waals surface area contributed by atoms with Gasteiger partial charge in [0.25, 0.3) is 0 Å². The van der Waals surface area contributed by atoms with E-state index >= 15 is 0 Å². The number of benzene rings is 1. The number of fused-ring (bicyclic) bond motifs is 1. The van der Waals surface area contributed by atoms with Crippen LogP contribution >= 0.6 is 0 Å². The number of likely N-dealkylation sites (tertiary alicyclic amines) is 1. The van der Waals surface area contributed by atoms with Crippen LogP contribution in [-0.2, 0) is 16.1 Å². The van der Waals surface area contributed by atoms with E-state index in [9.17, 15) is 9.59 Å². The second kappa shape index (κ2) is 9.71. The summed E-state index contributed by atoms with van der Waals surface area (Å²) < 4.78 is 5.59. The molecule has 2 amide bonds. The van der Waals surface area contributed by atoms with E-state index in [1.165, 1.54) is 0 Å². The molecule has 30 heavy (non-hydrogen) atoms. The molecule has 7 nitrogen and oxygen atoms in total. The normalized spacial score (nSPS) is 17.1. The summed E-state index contributed by atoms with van der Waals surface area (Å²) in [7, 11) is 0. The number of aromatic nitrogens is 1. The smallest absolute Gasteiger partial charge is 0.227 e. The fourth-order valence-corrected chi connectivity index (χ4v) is 4.04. The molecule has 3 heterocycles. The van der Waals surface area contributed by atoms with Gasteiger partial charge in [-0.3, -0.25) is 19.5 Å². The van der Waals surface area contributed by atoms with Gasteiger partial charge in [0.1, 0.15) is 12.4 Å². The molecule has 1 aromatic carbocycles. The van der Waals surface area contributed by atoms with E-state index in [1.807, 2.05) is 48.7 Å². The highest BCUT2D eigenvalue weighted by Gasteiger charge is 2.25. The third kappa shape index (κ3) is 5.16. The molecule has 1 saturated heterocycles. The molecule has 0 radical (unpaired) electrons. The third-order valence-electron chi connectivity index (χ3n) is 5.66. The first-order chi connectivity index (χ1) is 14.7. The first-order valence-electron chi connectivity index (χ1n) is 10.6. The highest BCUT2D eigenvalue weighted by Crippen LogP contribution is 2.31. The first kappa shape index (κ1) is 20.3. The molecule has 0 saturated carbocycles. The van der Waals surface area contributed by atoms with Crippen LogP contribution < -0.4 is 15.0 Å². The molecule has 2 aliphatic heterocycles. The number of nitrogens with zero attached hydrogens (tertiary/aromatic N) is 3. The van der Waals surface area contributed by atoms with Gasteiger partial charge >= 0.3 is 0 Å². The number of hydrogen-bond acceptors (Lipinski definition) is 5. The Hall–Kier alpha value is -2.93. The van der Waals surface area contributed by atoms with Crippen LogP contribution in [0.25, 0.3) is 0 Å². The summed E-state index contributed by atoms with van der Waals surface area (Å²) in [6.07, 6.45) is 4.08. The molecule has 7 heteroatoms. The number of nitrogens with one attached hydrogen (secondary N) is 1. The summed E-state index contributed by atoms with van der Waals surface area (Å²) >= 11 is 0. The molecule has 0 atom stereocenters. The molecular weight excluding hydrogens is 380 g/mol. The largest absolute Gasteiger partial charge is 0.490 e. The van der Waals surface area contributed by atoms with Crippen molar-refractivity contribution in [2.75, 3.05) is 31.1 Å². The minimum atomic E-state index is -0.0481. The zero-order valence-corrected chi connectivity index (χ0v) is 17.1. The Kier molecular flexibility index (Phi) is 6.59. The number of hydrogen-bond donors (Lipinski definition) is 1. The van der Waals surface area contributed by atoms with E-state index in [-0.39, 0.29) is 30.7 Å². The van der Waals surface area contributed by atoms with Crippen LogP contribution in [-0.4, -0.2) is 54.0 Å². The highest BCUT2D eigenvalue weighted by atomic mass is 16.5. The average molecular weight is 409 g/mol. The Morgan fingerprint density at radius 2 is 1.83 bits per heavy atom. The number of ether oxygens (including phenoxy) is 1. The number of para-hydroxylation sites is 2. The molecule has 0 unspecified atom stereocenters. The van der Waals surface area contributed by atoms with Gasteiger partial charge in [0.05, 0.1) is 17.9 Å². The van der Waals surface area contributed by atoms with Crippen molar-refractivity contribution >= 4 is 17.5 Å². The molecular formula is C23H28N4O3. The molecule has 1 aromatic heterocycles. The van der Waals surface area contributed by atoms with Gasteiger partial charge < -0.3 is 15.0 Å². The Labute approximate surface area is 177 Å². The Bertz CT molecular complexity index is 866. The van der Waals surface area contributed by atoms with Crippen LogP contribution in [0.1, 0.15) is 31.4 Å². The molecule has 2 aromatic rings.